The average molecular weight is 249 g/mol. The molecular formula is C16H24FN. The molecule has 1 fully saturated rings. The van der Waals surface area contributed by atoms with Crippen molar-refractivity contribution in [3.05, 3.63) is 35.4 Å². The summed E-state index contributed by atoms with van der Waals surface area (Å²) >= 11 is 0. The van der Waals surface area contributed by atoms with Gasteiger partial charge in [-0.2, -0.15) is 0 Å². The molecule has 1 nitrogen and oxygen atoms in total. The van der Waals surface area contributed by atoms with Crippen molar-refractivity contribution < 1.29 is 4.39 Å². The van der Waals surface area contributed by atoms with E-state index in [-0.39, 0.29) is 5.92 Å². The number of piperidine rings is 1. The molecule has 0 spiro atoms. The van der Waals surface area contributed by atoms with Crippen LogP contribution in [0.2, 0.25) is 0 Å². The maximum atomic E-state index is 14.2. The van der Waals surface area contributed by atoms with Crippen LogP contribution < -0.4 is 5.32 Å². The first-order chi connectivity index (χ1) is 8.66. The largest absolute Gasteiger partial charge is 0.316 e. The van der Waals surface area contributed by atoms with Crippen molar-refractivity contribution in [1.82, 2.24) is 5.32 Å². The van der Waals surface area contributed by atoms with Gasteiger partial charge in [0.2, 0.25) is 0 Å². The van der Waals surface area contributed by atoms with E-state index in [1.807, 2.05) is 0 Å². The standard InChI is InChI=1S/C16H24FN/c1-12(2)14-7-5-13(6-8-14)10-16(17)15-4-3-9-18-11-15/h5-8,12,15-16,18H,3-4,9-11H2,1-2H3. The fourth-order valence-electron chi connectivity index (χ4n) is 2.62. The second-order valence-corrected chi connectivity index (χ2v) is 5.72. The van der Waals surface area contributed by atoms with Crippen molar-refractivity contribution in [1.29, 1.82) is 0 Å². The van der Waals surface area contributed by atoms with E-state index in [0.717, 1.165) is 31.5 Å². The molecule has 1 saturated heterocycles. The monoisotopic (exact) mass is 249 g/mol. The molecule has 1 N–H and O–H groups in total. The number of rotatable bonds is 4. The Hall–Kier alpha value is -0.890. The second-order valence-electron chi connectivity index (χ2n) is 5.72. The van der Waals surface area contributed by atoms with Gasteiger partial charge in [-0.05, 0) is 36.4 Å². The minimum absolute atomic E-state index is 0.198. The van der Waals surface area contributed by atoms with Crippen LogP contribution >= 0.6 is 0 Å². The van der Waals surface area contributed by atoms with Crippen LogP contribution in [0, 0.1) is 5.92 Å². The molecule has 1 heterocycles. The van der Waals surface area contributed by atoms with Gasteiger partial charge in [-0.15, -0.1) is 0 Å². The van der Waals surface area contributed by atoms with Gasteiger partial charge >= 0.3 is 0 Å². The third-order valence-electron chi connectivity index (χ3n) is 3.92. The Labute approximate surface area is 110 Å². The molecule has 0 aliphatic carbocycles. The van der Waals surface area contributed by atoms with Gasteiger partial charge in [-0.1, -0.05) is 38.1 Å². The van der Waals surface area contributed by atoms with Gasteiger partial charge in [0, 0.05) is 18.9 Å². The lowest BCUT2D eigenvalue weighted by Crippen LogP contribution is -2.35. The Balaban J connectivity index is 1.91. The Morgan fingerprint density at radius 2 is 2.00 bits per heavy atom. The maximum absolute atomic E-state index is 14.2. The lowest BCUT2D eigenvalue weighted by Gasteiger charge is -2.26. The minimum Gasteiger partial charge on any atom is -0.316 e. The fourth-order valence-corrected chi connectivity index (χ4v) is 2.62. The molecule has 2 rings (SSSR count). The van der Waals surface area contributed by atoms with Crippen molar-refractivity contribution in [2.45, 2.75) is 45.2 Å². The van der Waals surface area contributed by atoms with Crippen LogP contribution in [0.25, 0.3) is 0 Å². The highest BCUT2D eigenvalue weighted by atomic mass is 19.1. The first kappa shape index (κ1) is 13.5. The highest BCUT2D eigenvalue weighted by Crippen LogP contribution is 2.22. The summed E-state index contributed by atoms with van der Waals surface area (Å²) in [6, 6.07) is 8.42. The zero-order chi connectivity index (χ0) is 13.0. The molecule has 2 atom stereocenters. The summed E-state index contributed by atoms with van der Waals surface area (Å²) in [6.07, 6.45) is 1.99. The number of hydrogen-bond donors (Lipinski definition) is 1. The zero-order valence-corrected chi connectivity index (χ0v) is 11.5. The Kier molecular flexibility index (Phi) is 4.76. The summed E-state index contributed by atoms with van der Waals surface area (Å²) in [5.41, 5.74) is 2.45. The first-order valence-electron chi connectivity index (χ1n) is 7.10. The topological polar surface area (TPSA) is 12.0 Å². The number of hydrogen-bond acceptors (Lipinski definition) is 1. The number of benzene rings is 1. The van der Waals surface area contributed by atoms with E-state index in [1.165, 1.54) is 5.56 Å². The van der Waals surface area contributed by atoms with E-state index in [2.05, 4.69) is 43.4 Å². The first-order valence-corrected chi connectivity index (χ1v) is 7.10. The smallest absolute Gasteiger partial charge is 0.108 e. The molecule has 1 aromatic carbocycles. The van der Waals surface area contributed by atoms with E-state index >= 15 is 0 Å². The summed E-state index contributed by atoms with van der Waals surface area (Å²) in [5, 5.41) is 3.29. The van der Waals surface area contributed by atoms with Crippen LogP contribution in [0.15, 0.2) is 24.3 Å². The average Bonchev–Trinajstić information content (AvgIpc) is 2.40. The third-order valence-corrected chi connectivity index (χ3v) is 3.92. The molecule has 1 aromatic rings. The third kappa shape index (κ3) is 3.55. The number of alkyl halides is 1. The van der Waals surface area contributed by atoms with Crippen LogP contribution in [0.3, 0.4) is 0 Å². The molecule has 1 aliphatic rings. The molecule has 0 aromatic heterocycles. The number of halogens is 1. The molecule has 18 heavy (non-hydrogen) atoms. The summed E-state index contributed by atoms with van der Waals surface area (Å²) in [7, 11) is 0. The normalized spacial score (nSPS) is 22.1. The van der Waals surface area contributed by atoms with Gasteiger partial charge in [0.25, 0.3) is 0 Å². The Bertz CT molecular complexity index is 352. The summed E-state index contributed by atoms with van der Waals surface area (Å²) in [5.74, 6) is 0.742. The molecule has 0 saturated carbocycles. The van der Waals surface area contributed by atoms with Crippen LogP contribution in [0.4, 0.5) is 4.39 Å². The van der Waals surface area contributed by atoms with Gasteiger partial charge in [0.05, 0.1) is 0 Å². The summed E-state index contributed by atoms with van der Waals surface area (Å²) in [6.45, 7) is 6.25. The van der Waals surface area contributed by atoms with Crippen LogP contribution in [-0.2, 0) is 6.42 Å². The van der Waals surface area contributed by atoms with E-state index in [1.54, 1.807) is 0 Å². The highest BCUT2D eigenvalue weighted by Gasteiger charge is 2.23. The Morgan fingerprint density at radius 3 is 2.56 bits per heavy atom. The van der Waals surface area contributed by atoms with Gasteiger partial charge in [-0.25, -0.2) is 4.39 Å². The maximum Gasteiger partial charge on any atom is 0.108 e. The molecular weight excluding hydrogens is 225 g/mol. The number of nitrogens with one attached hydrogen (secondary N) is 1. The van der Waals surface area contributed by atoms with Crippen molar-refractivity contribution in [2.75, 3.05) is 13.1 Å². The van der Waals surface area contributed by atoms with Crippen LogP contribution in [-0.4, -0.2) is 19.3 Å². The van der Waals surface area contributed by atoms with E-state index in [4.69, 9.17) is 0 Å². The van der Waals surface area contributed by atoms with Gasteiger partial charge in [0.1, 0.15) is 6.17 Å². The zero-order valence-electron chi connectivity index (χ0n) is 11.5. The SMILES string of the molecule is CC(C)c1ccc(CC(F)C2CCCNC2)cc1. The van der Waals surface area contributed by atoms with Crippen molar-refractivity contribution in [2.24, 2.45) is 5.92 Å². The molecule has 0 amide bonds. The predicted molar refractivity (Wildman–Crippen MR) is 74.7 cm³/mol. The quantitative estimate of drug-likeness (QED) is 0.858. The molecule has 100 valence electrons. The van der Waals surface area contributed by atoms with E-state index in [9.17, 15) is 4.39 Å². The molecule has 0 bridgehead atoms. The van der Waals surface area contributed by atoms with Gasteiger partial charge in [-0.3, -0.25) is 0 Å². The Morgan fingerprint density at radius 1 is 1.28 bits per heavy atom. The van der Waals surface area contributed by atoms with Crippen molar-refractivity contribution in [3.63, 3.8) is 0 Å². The lowest BCUT2D eigenvalue weighted by molar-refractivity contribution is 0.191. The van der Waals surface area contributed by atoms with Crippen molar-refractivity contribution in [3.8, 4) is 0 Å². The van der Waals surface area contributed by atoms with Crippen molar-refractivity contribution >= 4 is 0 Å². The summed E-state index contributed by atoms with van der Waals surface area (Å²) in [4.78, 5) is 0. The molecule has 2 unspecified atom stereocenters. The van der Waals surface area contributed by atoms with Crippen LogP contribution in [0.5, 0.6) is 0 Å². The predicted octanol–water partition coefficient (Wildman–Crippen LogP) is 3.69. The molecule has 2 heteroatoms. The van der Waals surface area contributed by atoms with E-state index < -0.39 is 6.17 Å². The van der Waals surface area contributed by atoms with Crippen LogP contribution in [0.1, 0.15) is 43.7 Å². The van der Waals surface area contributed by atoms with E-state index in [0.29, 0.717) is 12.3 Å². The lowest BCUT2D eigenvalue weighted by atomic mass is 9.90. The molecule has 0 radical (unpaired) electrons. The fraction of sp³-hybridized carbons (Fsp3) is 0.625. The highest BCUT2D eigenvalue weighted by molar-refractivity contribution is 5.25. The van der Waals surface area contributed by atoms with Gasteiger partial charge < -0.3 is 5.32 Å². The summed E-state index contributed by atoms with van der Waals surface area (Å²) < 4.78 is 14.2. The minimum atomic E-state index is -0.706. The molecule has 1 aliphatic heterocycles. The second kappa shape index (κ2) is 6.33. The van der Waals surface area contributed by atoms with Gasteiger partial charge in [0.15, 0.2) is 0 Å².